The minimum absolute atomic E-state index is 0.293. The number of aromatic nitrogens is 1. The summed E-state index contributed by atoms with van der Waals surface area (Å²) in [7, 11) is 1.62. The minimum Gasteiger partial charge on any atom is -0.497 e. The molecule has 3 heterocycles. The predicted molar refractivity (Wildman–Crippen MR) is 129 cm³/mol. The summed E-state index contributed by atoms with van der Waals surface area (Å²) in [4.78, 5) is 46.6. The topological polar surface area (TPSA) is 94.7 Å². The number of para-hydroxylation sites is 1. The van der Waals surface area contributed by atoms with Gasteiger partial charge in [-0.3, -0.25) is 9.59 Å². The summed E-state index contributed by atoms with van der Waals surface area (Å²) < 4.78 is 5.39. The average Bonchev–Trinajstić information content (AvgIpc) is 3.32. The van der Waals surface area contributed by atoms with Crippen molar-refractivity contribution in [3.05, 3.63) is 59.3 Å². The van der Waals surface area contributed by atoms with E-state index in [1.807, 2.05) is 25.1 Å². The van der Waals surface area contributed by atoms with Crippen LogP contribution in [0.3, 0.4) is 0 Å². The highest BCUT2D eigenvalue weighted by Gasteiger charge is 2.59. The molecular formula is C26H28N4O4. The fourth-order valence-corrected chi connectivity index (χ4v) is 5.09. The smallest absolute Gasteiger partial charge is 0.332 e. The van der Waals surface area contributed by atoms with Crippen molar-refractivity contribution in [1.82, 2.24) is 15.2 Å². The zero-order valence-corrected chi connectivity index (χ0v) is 19.6. The van der Waals surface area contributed by atoms with Crippen molar-refractivity contribution in [1.29, 1.82) is 0 Å². The SMILES string of the molecule is CCCCNC(=O)c1ccccc1N1C(=O)N2CCc3c([nH]c4ccc(OC)cc34)C2(C)C1=O. The summed E-state index contributed by atoms with van der Waals surface area (Å²) in [6.45, 7) is 4.77. The molecule has 0 saturated carbocycles. The largest absolute Gasteiger partial charge is 0.497 e. The van der Waals surface area contributed by atoms with Gasteiger partial charge in [0.1, 0.15) is 5.75 Å². The third-order valence-electron chi connectivity index (χ3n) is 6.97. The third kappa shape index (κ3) is 3.09. The zero-order chi connectivity index (χ0) is 24.0. The first-order valence-corrected chi connectivity index (χ1v) is 11.6. The quantitative estimate of drug-likeness (QED) is 0.430. The van der Waals surface area contributed by atoms with E-state index in [0.717, 1.165) is 40.0 Å². The standard InChI is InChI=1S/C26H28N4O4/c1-4-5-13-27-23(31)18-8-6-7-9-21(18)30-24(32)26(2)22-17(12-14-29(26)25(30)33)19-15-16(34-3)10-11-20(19)28-22/h6-11,15,28H,4-5,12-14H2,1-3H3,(H,27,31). The van der Waals surface area contributed by atoms with Crippen LogP contribution in [0.1, 0.15) is 48.3 Å². The first kappa shape index (κ1) is 22.0. The van der Waals surface area contributed by atoms with Crippen LogP contribution in [-0.4, -0.2) is 47.9 Å². The second-order valence-corrected chi connectivity index (χ2v) is 8.91. The molecule has 1 saturated heterocycles. The highest BCUT2D eigenvalue weighted by Crippen LogP contribution is 2.46. The first-order valence-electron chi connectivity index (χ1n) is 11.6. The number of hydrogen-bond acceptors (Lipinski definition) is 4. The van der Waals surface area contributed by atoms with Crippen LogP contribution < -0.4 is 15.0 Å². The van der Waals surface area contributed by atoms with Gasteiger partial charge in [-0.15, -0.1) is 0 Å². The van der Waals surface area contributed by atoms with Crippen molar-refractivity contribution in [3.8, 4) is 5.75 Å². The maximum atomic E-state index is 14.0. The molecule has 1 aromatic heterocycles. The van der Waals surface area contributed by atoms with E-state index >= 15 is 0 Å². The molecule has 8 nitrogen and oxygen atoms in total. The summed E-state index contributed by atoms with van der Waals surface area (Å²) in [5.74, 6) is 0.0733. The van der Waals surface area contributed by atoms with Crippen LogP contribution in [-0.2, 0) is 16.8 Å². The van der Waals surface area contributed by atoms with Crippen LogP contribution in [0.2, 0.25) is 0 Å². The molecule has 0 aliphatic carbocycles. The third-order valence-corrected chi connectivity index (χ3v) is 6.97. The number of hydrogen-bond donors (Lipinski definition) is 2. The number of ether oxygens (including phenoxy) is 1. The maximum absolute atomic E-state index is 14.0. The lowest BCUT2D eigenvalue weighted by atomic mass is 9.87. The molecule has 2 aliphatic rings. The number of rotatable bonds is 6. The number of H-pyrrole nitrogens is 1. The van der Waals surface area contributed by atoms with Gasteiger partial charge >= 0.3 is 6.03 Å². The average molecular weight is 461 g/mol. The molecule has 34 heavy (non-hydrogen) atoms. The summed E-state index contributed by atoms with van der Waals surface area (Å²) >= 11 is 0. The molecule has 1 atom stereocenters. The van der Waals surface area contributed by atoms with E-state index in [1.165, 1.54) is 0 Å². The predicted octanol–water partition coefficient (Wildman–Crippen LogP) is 3.95. The number of urea groups is 1. The number of amides is 4. The van der Waals surface area contributed by atoms with Gasteiger partial charge in [-0.1, -0.05) is 25.5 Å². The second kappa shape index (κ2) is 8.20. The molecule has 176 valence electrons. The molecule has 2 N–H and O–H groups in total. The number of methoxy groups -OCH3 is 1. The Labute approximate surface area is 197 Å². The first-order chi connectivity index (χ1) is 16.4. The summed E-state index contributed by atoms with van der Waals surface area (Å²) in [5.41, 5.74) is 2.05. The number of carbonyl (C=O) groups is 3. The highest BCUT2D eigenvalue weighted by atomic mass is 16.5. The molecule has 1 unspecified atom stereocenters. The number of imide groups is 1. The maximum Gasteiger partial charge on any atom is 0.332 e. The van der Waals surface area contributed by atoms with Crippen LogP contribution in [0.5, 0.6) is 5.75 Å². The lowest BCUT2D eigenvalue weighted by Gasteiger charge is -2.35. The van der Waals surface area contributed by atoms with E-state index in [9.17, 15) is 14.4 Å². The molecule has 0 radical (unpaired) electrons. The second-order valence-electron chi connectivity index (χ2n) is 8.91. The zero-order valence-electron chi connectivity index (χ0n) is 19.6. The van der Waals surface area contributed by atoms with Crippen LogP contribution in [0.4, 0.5) is 10.5 Å². The van der Waals surface area contributed by atoms with Crippen LogP contribution in [0.15, 0.2) is 42.5 Å². The highest BCUT2D eigenvalue weighted by molar-refractivity contribution is 6.25. The molecule has 8 heteroatoms. The molecule has 2 aromatic carbocycles. The molecule has 3 aromatic rings. The van der Waals surface area contributed by atoms with Gasteiger partial charge in [-0.05, 0) is 55.7 Å². The van der Waals surface area contributed by atoms with Gasteiger partial charge in [0.15, 0.2) is 5.54 Å². The number of aromatic amines is 1. The van der Waals surface area contributed by atoms with Gasteiger partial charge in [-0.25, -0.2) is 9.69 Å². The minimum atomic E-state index is -1.19. The van der Waals surface area contributed by atoms with Gasteiger partial charge in [0.05, 0.1) is 24.1 Å². The van der Waals surface area contributed by atoms with Crippen molar-refractivity contribution in [2.45, 2.75) is 38.6 Å². The van der Waals surface area contributed by atoms with Gasteiger partial charge < -0.3 is 19.9 Å². The van der Waals surface area contributed by atoms with Crippen molar-refractivity contribution in [3.63, 3.8) is 0 Å². The normalized spacial score (nSPS) is 19.4. The number of carbonyl (C=O) groups excluding carboxylic acids is 3. The molecule has 0 bridgehead atoms. The number of benzene rings is 2. The van der Waals surface area contributed by atoms with Gasteiger partial charge in [0.2, 0.25) is 0 Å². The lowest BCUT2D eigenvalue weighted by Crippen LogP contribution is -2.49. The van der Waals surface area contributed by atoms with E-state index in [2.05, 4.69) is 10.3 Å². The van der Waals surface area contributed by atoms with Crippen LogP contribution >= 0.6 is 0 Å². The van der Waals surface area contributed by atoms with Crippen LogP contribution in [0, 0.1) is 0 Å². The van der Waals surface area contributed by atoms with Gasteiger partial charge in [0, 0.05) is 24.0 Å². The Morgan fingerprint density at radius 2 is 2.00 bits per heavy atom. The van der Waals surface area contributed by atoms with E-state index in [4.69, 9.17) is 4.74 Å². The molecular weight excluding hydrogens is 432 g/mol. The Bertz CT molecular complexity index is 1310. The molecule has 2 aliphatic heterocycles. The lowest BCUT2D eigenvalue weighted by molar-refractivity contribution is -0.125. The number of fused-ring (bicyclic) bond motifs is 5. The molecule has 0 spiro atoms. The van der Waals surface area contributed by atoms with E-state index in [0.29, 0.717) is 36.5 Å². The van der Waals surface area contributed by atoms with Gasteiger partial charge in [0.25, 0.3) is 11.8 Å². The Morgan fingerprint density at radius 3 is 2.76 bits per heavy atom. The fourth-order valence-electron chi connectivity index (χ4n) is 5.09. The van der Waals surface area contributed by atoms with E-state index in [-0.39, 0.29) is 11.8 Å². The summed E-state index contributed by atoms with van der Waals surface area (Å²) in [5, 5.41) is 3.88. The Kier molecular flexibility index (Phi) is 5.31. The Balaban J connectivity index is 1.58. The summed E-state index contributed by atoms with van der Waals surface area (Å²) in [6.07, 6.45) is 2.43. The number of anilines is 1. The van der Waals surface area contributed by atoms with Crippen molar-refractivity contribution >= 4 is 34.4 Å². The molecule has 1 fully saturated rings. The van der Waals surface area contributed by atoms with Crippen LogP contribution in [0.25, 0.3) is 10.9 Å². The summed E-state index contributed by atoms with van der Waals surface area (Å²) in [6, 6.07) is 12.1. The van der Waals surface area contributed by atoms with Crippen molar-refractivity contribution in [2.75, 3.05) is 25.1 Å². The Morgan fingerprint density at radius 1 is 1.21 bits per heavy atom. The number of nitrogens with zero attached hydrogens (tertiary/aromatic N) is 2. The van der Waals surface area contributed by atoms with Crippen molar-refractivity contribution in [2.24, 2.45) is 0 Å². The van der Waals surface area contributed by atoms with E-state index in [1.54, 1.807) is 43.2 Å². The molecule has 5 rings (SSSR count). The van der Waals surface area contributed by atoms with E-state index < -0.39 is 11.6 Å². The van der Waals surface area contributed by atoms with Crippen molar-refractivity contribution < 1.29 is 19.1 Å². The molecule has 4 amide bonds. The van der Waals surface area contributed by atoms with Gasteiger partial charge in [-0.2, -0.15) is 0 Å². The number of unbranched alkanes of at least 4 members (excludes halogenated alkanes) is 1. The fraction of sp³-hybridized carbons (Fsp3) is 0.346. The monoisotopic (exact) mass is 460 g/mol. The number of nitrogens with one attached hydrogen (secondary N) is 2. The Hall–Kier alpha value is -3.81.